The van der Waals surface area contributed by atoms with Gasteiger partial charge in [0, 0.05) is 25.9 Å². The maximum Gasteiger partial charge on any atom is 0.204 e. The Morgan fingerprint density at radius 1 is 1.39 bits per heavy atom. The predicted octanol–water partition coefficient (Wildman–Crippen LogP) is 3.66. The molecule has 1 aromatic carbocycles. The number of hydrogen-bond donors (Lipinski definition) is 2. The van der Waals surface area contributed by atoms with Gasteiger partial charge in [0.05, 0.1) is 5.84 Å². The Kier molecular flexibility index (Phi) is 10.6. The van der Waals surface area contributed by atoms with Crippen LogP contribution >= 0.6 is 0 Å². The molecule has 4 nitrogen and oxygen atoms in total. The second-order valence-corrected chi connectivity index (χ2v) is 5.40. The van der Waals surface area contributed by atoms with Crippen LogP contribution in [0.25, 0.3) is 0 Å². The number of primary amides is 1. The van der Waals surface area contributed by atoms with E-state index in [2.05, 4.69) is 19.6 Å². The third-order valence-corrected chi connectivity index (χ3v) is 3.34. The minimum atomic E-state index is -0.788. The highest BCUT2D eigenvalue weighted by Crippen LogP contribution is 2.29. The maximum atomic E-state index is 13.7. The lowest BCUT2D eigenvalue weighted by molar-refractivity contribution is -0.106. The van der Waals surface area contributed by atoms with Crippen molar-refractivity contribution in [3.63, 3.8) is 0 Å². The maximum absolute atomic E-state index is 13.7. The van der Waals surface area contributed by atoms with Gasteiger partial charge in [0.25, 0.3) is 0 Å². The van der Waals surface area contributed by atoms with Gasteiger partial charge < -0.3 is 10.6 Å². The van der Waals surface area contributed by atoms with Crippen molar-refractivity contribution < 1.29 is 13.6 Å². The highest BCUT2D eigenvalue weighted by Gasteiger charge is 2.23. The lowest BCUT2D eigenvalue weighted by atomic mass is 9.94. The lowest BCUT2D eigenvalue weighted by Gasteiger charge is -2.22. The number of likely N-dealkylation sites (tertiary alicyclic amines) is 1. The van der Waals surface area contributed by atoms with Crippen LogP contribution in [-0.2, 0) is 4.79 Å². The van der Waals surface area contributed by atoms with Crippen LogP contribution in [0.2, 0.25) is 0 Å². The molecule has 6 heteroatoms. The minimum absolute atomic E-state index is 0.0291. The number of amides is 1. The number of carbonyl (C=O) groups is 1. The highest BCUT2D eigenvalue weighted by atomic mass is 19.2. The Morgan fingerprint density at radius 3 is 2.52 bits per heavy atom. The summed E-state index contributed by atoms with van der Waals surface area (Å²) < 4.78 is 26.9. The van der Waals surface area contributed by atoms with E-state index >= 15 is 0 Å². The van der Waals surface area contributed by atoms with Gasteiger partial charge >= 0.3 is 0 Å². The number of rotatable bonds is 1. The second kappa shape index (κ2) is 11.6. The average Bonchev–Trinajstić information content (AvgIpc) is 2.66. The fraction of sp³-hybridized carbons (Fsp3) is 0.529. The van der Waals surface area contributed by atoms with Crippen molar-refractivity contribution in [2.45, 2.75) is 45.4 Å². The molecule has 1 atom stereocenters. The van der Waals surface area contributed by atoms with Crippen LogP contribution < -0.4 is 5.73 Å². The molecule has 130 valence electrons. The number of hydrogen-bond acceptors (Lipinski definition) is 2. The van der Waals surface area contributed by atoms with E-state index < -0.39 is 11.6 Å². The van der Waals surface area contributed by atoms with E-state index in [-0.39, 0.29) is 12.3 Å². The lowest BCUT2D eigenvalue weighted by Crippen LogP contribution is -2.28. The van der Waals surface area contributed by atoms with Gasteiger partial charge in [0.2, 0.25) is 6.41 Å². The third kappa shape index (κ3) is 7.21. The van der Waals surface area contributed by atoms with Crippen molar-refractivity contribution in [3.8, 4) is 0 Å². The fourth-order valence-corrected chi connectivity index (χ4v) is 2.33. The largest absolute Gasteiger partial charge is 0.372 e. The van der Waals surface area contributed by atoms with Gasteiger partial charge in [0.1, 0.15) is 0 Å². The fourth-order valence-electron chi connectivity index (χ4n) is 2.33. The van der Waals surface area contributed by atoms with Gasteiger partial charge in [-0.3, -0.25) is 10.2 Å². The zero-order valence-electron chi connectivity index (χ0n) is 14.1. The van der Waals surface area contributed by atoms with E-state index in [0.717, 1.165) is 18.9 Å². The summed E-state index contributed by atoms with van der Waals surface area (Å²) in [7, 11) is 1.83. The van der Waals surface area contributed by atoms with Crippen molar-refractivity contribution in [2.24, 2.45) is 5.73 Å². The van der Waals surface area contributed by atoms with E-state index in [1.807, 2.05) is 11.9 Å². The van der Waals surface area contributed by atoms with Gasteiger partial charge in [-0.05, 0) is 24.5 Å². The molecule has 0 bridgehead atoms. The molecule has 2 rings (SSSR count). The SMILES string of the molecule is CCC.CN1CC(c2cccc(F)c2F)CCCC1=N.NC=O. The van der Waals surface area contributed by atoms with Crippen molar-refractivity contribution in [1.29, 1.82) is 5.41 Å². The predicted molar refractivity (Wildman–Crippen MR) is 89.5 cm³/mol. The van der Waals surface area contributed by atoms with Gasteiger partial charge in [0.15, 0.2) is 11.6 Å². The Bertz CT molecular complexity index is 495. The van der Waals surface area contributed by atoms with Gasteiger partial charge in [-0.2, -0.15) is 0 Å². The van der Waals surface area contributed by atoms with Crippen molar-refractivity contribution in [1.82, 2.24) is 4.90 Å². The molecule has 1 unspecified atom stereocenters. The van der Waals surface area contributed by atoms with Crippen LogP contribution in [-0.4, -0.2) is 30.7 Å². The first-order valence-corrected chi connectivity index (χ1v) is 7.80. The molecule has 1 aromatic rings. The van der Waals surface area contributed by atoms with E-state index in [0.29, 0.717) is 24.4 Å². The van der Waals surface area contributed by atoms with Crippen molar-refractivity contribution in [2.75, 3.05) is 13.6 Å². The molecule has 1 aliphatic heterocycles. The summed E-state index contributed by atoms with van der Waals surface area (Å²) in [6.45, 7) is 4.83. The molecule has 0 radical (unpaired) electrons. The van der Waals surface area contributed by atoms with Crippen LogP contribution in [0, 0.1) is 17.0 Å². The van der Waals surface area contributed by atoms with Crippen LogP contribution in [0.3, 0.4) is 0 Å². The van der Waals surface area contributed by atoms with E-state index in [1.54, 1.807) is 12.1 Å². The van der Waals surface area contributed by atoms with E-state index in [1.165, 1.54) is 6.42 Å². The van der Waals surface area contributed by atoms with E-state index in [4.69, 9.17) is 10.2 Å². The Morgan fingerprint density at radius 2 is 1.96 bits per heavy atom. The summed E-state index contributed by atoms with van der Waals surface area (Å²) >= 11 is 0. The van der Waals surface area contributed by atoms with Crippen LogP contribution in [0.1, 0.15) is 51.0 Å². The highest BCUT2D eigenvalue weighted by molar-refractivity contribution is 5.79. The standard InChI is InChI=1S/C13H16F2N2.C3H8.CH3NO/c1-17-8-9(4-2-7-12(17)16)10-5-3-6-11(14)13(10)15;1-3-2;2-1-3/h3,5-6,9,16H,2,4,7-8H2,1H3;3H2,1-2H3;1H,(H2,2,3). The number of benzene rings is 1. The molecular formula is C17H27F2N3O. The molecule has 1 amide bonds. The number of likely N-dealkylation sites (N-methyl/N-ethyl adjacent to an activating group) is 1. The van der Waals surface area contributed by atoms with E-state index in [9.17, 15) is 8.78 Å². The second-order valence-electron chi connectivity index (χ2n) is 5.40. The average molecular weight is 327 g/mol. The van der Waals surface area contributed by atoms with Crippen LogP contribution in [0.4, 0.5) is 8.78 Å². The summed E-state index contributed by atoms with van der Waals surface area (Å²) in [5.41, 5.74) is 4.60. The topological polar surface area (TPSA) is 70.2 Å². The quantitative estimate of drug-likeness (QED) is 0.773. The molecule has 1 aliphatic rings. The van der Waals surface area contributed by atoms with Gasteiger partial charge in [-0.1, -0.05) is 32.4 Å². The smallest absolute Gasteiger partial charge is 0.204 e. The van der Waals surface area contributed by atoms with Crippen molar-refractivity contribution >= 4 is 12.2 Å². The van der Waals surface area contributed by atoms with Crippen LogP contribution in [0.5, 0.6) is 0 Å². The summed E-state index contributed by atoms with van der Waals surface area (Å²) in [5.74, 6) is -0.980. The molecule has 0 saturated carbocycles. The third-order valence-electron chi connectivity index (χ3n) is 3.34. The zero-order valence-corrected chi connectivity index (χ0v) is 14.1. The monoisotopic (exact) mass is 327 g/mol. The number of nitrogens with two attached hydrogens (primary N) is 1. The molecule has 1 fully saturated rings. The molecular weight excluding hydrogens is 300 g/mol. The molecule has 0 aliphatic carbocycles. The summed E-state index contributed by atoms with van der Waals surface area (Å²) in [6.07, 6.45) is 3.86. The minimum Gasteiger partial charge on any atom is -0.372 e. The molecule has 23 heavy (non-hydrogen) atoms. The summed E-state index contributed by atoms with van der Waals surface area (Å²) in [6, 6.07) is 4.33. The number of nitrogens with zero attached hydrogens (tertiary/aromatic N) is 1. The van der Waals surface area contributed by atoms with Gasteiger partial charge in [-0.15, -0.1) is 0 Å². The summed E-state index contributed by atoms with van der Waals surface area (Å²) in [5, 5.41) is 7.74. The van der Waals surface area contributed by atoms with Crippen molar-refractivity contribution in [3.05, 3.63) is 35.4 Å². The normalized spacial score (nSPS) is 17.2. The molecule has 0 aromatic heterocycles. The number of nitrogens with one attached hydrogen (secondary N) is 1. The Labute approximate surface area is 137 Å². The number of halogens is 2. The molecule has 0 spiro atoms. The first-order valence-electron chi connectivity index (χ1n) is 7.80. The molecule has 1 saturated heterocycles. The number of carbonyl (C=O) groups excluding carboxylic acids is 1. The number of amidine groups is 1. The zero-order chi connectivity index (χ0) is 17.8. The first-order chi connectivity index (χ1) is 10.9. The summed E-state index contributed by atoms with van der Waals surface area (Å²) in [4.78, 5) is 10.4. The van der Waals surface area contributed by atoms with Gasteiger partial charge in [-0.25, -0.2) is 8.78 Å². The first kappa shape index (κ1) is 21.0. The molecule has 3 N–H and O–H groups in total. The molecule has 1 heterocycles. The Balaban J connectivity index is 0.000000704. The van der Waals surface area contributed by atoms with Crippen LogP contribution in [0.15, 0.2) is 18.2 Å². The Hall–Kier alpha value is -1.98.